The number of anilines is 1. The lowest BCUT2D eigenvalue weighted by atomic mass is 10.1. The van der Waals surface area contributed by atoms with Crippen LogP contribution in [-0.2, 0) is 6.42 Å². The largest absolute Gasteiger partial charge is 0.373 e. The molecule has 0 bridgehead atoms. The van der Waals surface area contributed by atoms with Gasteiger partial charge in [-0.1, -0.05) is 6.92 Å². The highest BCUT2D eigenvalue weighted by Gasteiger charge is 2.12. The van der Waals surface area contributed by atoms with Gasteiger partial charge in [0.1, 0.15) is 5.82 Å². The van der Waals surface area contributed by atoms with Crippen molar-refractivity contribution >= 4 is 5.82 Å². The molecule has 5 nitrogen and oxygen atoms in total. The first kappa shape index (κ1) is 12.4. The number of nitrogens with zero attached hydrogens (tertiary/aromatic N) is 4. The van der Waals surface area contributed by atoms with E-state index in [0.29, 0.717) is 11.6 Å². The van der Waals surface area contributed by atoms with Crippen molar-refractivity contribution in [3.63, 3.8) is 0 Å². The Balaban J connectivity index is 2.52. The summed E-state index contributed by atoms with van der Waals surface area (Å²) in [4.78, 5) is 17.5. The summed E-state index contributed by atoms with van der Waals surface area (Å²) in [5.74, 6) is 1.97. The van der Waals surface area contributed by atoms with Gasteiger partial charge in [0, 0.05) is 30.7 Å². The minimum atomic E-state index is 0.558. The minimum absolute atomic E-state index is 0.558. The van der Waals surface area contributed by atoms with Gasteiger partial charge in [-0.15, -0.1) is 0 Å². The van der Waals surface area contributed by atoms with Gasteiger partial charge in [0.25, 0.3) is 0 Å². The molecule has 0 fully saturated rings. The molecular weight excluding hydrogens is 226 g/mol. The predicted octanol–water partition coefficient (Wildman–Crippen LogP) is 2.15. The Morgan fingerprint density at radius 1 is 1.06 bits per heavy atom. The molecule has 0 aromatic carbocycles. The van der Waals surface area contributed by atoms with Crippen molar-refractivity contribution in [2.75, 3.05) is 12.4 Å². The summed E-state index contributed by atoms with van der Waals surface area (Å²) >= 11 is 0. The third kappa shape index (κ3) is 2.30. The Kier molecular flexibility index (Phi) is 3.50. The second-order valence-corrected chi connectivity index (χ2v) is 4.15. The van der Waals surface area contributed by atoms with Crippen molar-refractivity contribution in [1.82, 2.24) is 19.9 Å². The summed E-state index contributed by atoms with van der Waals surface area (Å²) in [6.45, 7) is 6.03. The average molecular weight is 243 g/mol. The third-order valence-corrected chi connectivity index (χ3v) is 2.79. The summed E-state index contributed by atoms with van der Waals surface area (Å²) in [7, 11) is 1.86. The molecule has 2 aromatic rings. The molecule has 0 spiro atoms. The molecule has 2 aromatic heterocycles. The van der Waals surface area contributed by atoms with Gasteiger partial charge >= 0.3 is 0 Å². The molecule has 0 aliphatic carbocycles. The minimum Gasteiger partial charge on any atom is -0.373 e. The lowest BCUT2D eigenvalue weighted by molar-refractivity contribution is 0.980. The van der Waals surface area contributed by atoms with E-state index >= 15 is 0 Å². The number of aromatic nitrogens is 4. The van der Waals surface area contributed by atoms with E-state index in [1.165, 1.54) is 0 Å². The lowest BCUT2D eigenvalue weighted by Crippen LogP contribution is -2.06. The van der Waals surface area contributed by atoms with E-state index in [4.69, 9.17) is 0 Å². The highest BCUT2D eigenvalue weighted by Crippen LogP contribution is 2.20. The van der Waals surface area contributed by atoms with Crippen molar-refractivity contribution < 1.29 is 0 Å². The SMILES string of the molecule is CCc1c(C)nc(-c2ncc(C)cn2)nc1NC. The van der Waals surface area contributed by atoms with Gasteiger partial charge in [-0.2, -0.15) is 0 Å². The number of rotatable bonds is 3. The second kappa shape index (κ2) is 5.08. The zero-order valence-corrected chi connectivity index (χ0v) is 11.2. The van der Waals surface area contributed by atoms with Crippen molar-refractivity contribution in [2.24, 2.45) is 0 Å². The summed E-state index contributed by atoms with van der Waals surface area (Å²) < 4.78 is 0. The van der Waals surface area contributed by atoms with Crippen LogP contribution < -0.4 is 5.32 Å². The number of hydrogen-bond donors (Lipinski definition) is 1. The standard InChI is InChI=1S/C13H17N5/c1-5-10-9(3)17-13(18-11(10)14-4)12-15-6-8(2)7-16-12/h6-7H,5H2,1-4H3,(H,14,17,18). The fraction of sp³-hybridized carbons (Fsp3) is 0.385. The Bertz CT molecular complexity index is 548. The van der Waals surface area contributed by atoms with Crippen LogP contribution in [0.5, 0.6) is 0 Å². The lowest BCUT2D eigenvalue weighted by Gasteiger charge is -2.10. The molecule has 0 amide bonds. The number of aryl methyl sites for hydroxylation is 2. The Labute approximate surface area is 107 Å². The average Bonchev–Trinajstić information content (AvgIpc) is 2.38. The van der Waals surface area contributed by atoms with Crippen molar-refractivity contribution in [3.8, 4) is 11.6 Å². The van der Waals surface area contributed by atoms with Crippen molar-refractivity contribution in [3.05, 3.63) is 29.2 Å². The van der Waals surface area contributed by atoms with Gasteiger partial charge in [0.2, 0.25) is 0 Å². The number of hydrogen-bond acceptors (Lipinski definition) is 5. The van der Waals surface area contributed by atoms with Gasteiger partial charge in [-0.25, -0.2) is 19.9 Å². The maximum Gasteiger partial charge on any atom is 0.199 e. The van der Waals surface area contributed by atoms with E-state index in [1.54, 1.807) is 12.4 Å². The molecule has 18 heavy (non-hydrogen) atoms. The fourth-order valence-electron chi connectivity index (χ4n) is 1.83. The van der Waals surface area contributed by atoms with Gasteiger partial charge < -0.3 is 5.32 Å². The van der Waals surface area contributed by atoms with Crippen LogP contribution in [0, 0.1) is 13.8 Å². The molecule has 94 valence electrons. The molecule has 0 aliphatic heterocycles. The van der Waals surface area contributed by atoms with Crippen LogP contribution >= 0.6 is 0 Å². The predicted molar refractivity (Wildman–Crippen MR) is 71.5 cm³/mol. The van der Waals surface area contributed by atoms with Crippen LogP contribution in [-0.4, -0.2) is 27.0 Å². The maximum absolute atomic E-state index is 4.48. The smallest absolute Gasteiger partial charge is 0.199 e. The highest BCUT2D eigenvalue weighted by atomic mass is 15.1. The van der Waals surface area contributed by atoms with Crippen molar-refractivity contribution in [2.45, 2.75) is 27.2 Å². The summed E-state index contributed by atoms with van der Waals surface area (Å²) in [5.41, 5.74) is 3.12. The second-order valence-electron chi connectivity index (χ2n) is 4.15. The summed E-state index contributed by atoms with van der Waals surface area (Å²) in [6.07, 6.45) is 4.44. The van der Waals surface area contributed by atoms with Gasteiger partial charge in [-0.3, -0.25) is 0 Å². The monoisotopic (exact) mass is 243 g/mol. The summed E-state index contributed by atoms with van der Waals surface area (Å²) in [5, 5.41) is 3.10. The summed E-state index contributed by atoms with van der Waals surface area (Å²) in [6, 6.07) is 0. The van der Waals surface area contributed by atoms with Crippen LogP contribution in [0.1, 0.15) is 23.7 Å². The van der Waals surface area contributed by atoms with Gasteiger partial charge in [-0.05, 0) is 25.8 Å². The molecule has 0 radical (unpaired) electrons. The fourth-order valence-corrected chi connectivity index (χ4v) is 1.83. The van der Waals surface area contributed by atoms with Crippen LogP contribution in [0.3, 0.4) is 0 Å². The van der Waals surface area contributed by atoms with E-state index in [2.05, 4.69) is 32.2 Å². The molecule has 1 N–H and O–H groups in total. The molecule has 0 unspecified atom stereocenters. The zero-order valence-electron chi connectivity index (χ0n) is 11.2. The number of nitrogens with one attached hydrogen (secondary N) is 1. The molecule has 5 heteroatoms. The highest BCUT2D eigenvalue weighted by molar-refractivity contribution is 5.53. The Morgan fingerprint density at radius 2 is 1.72 bits per heavy atom. The quantitative estimate of drug-likeness (QED) is 0.895. The van der Waals surface area contributed by atoms with Crippen LogP contribution in [0.25, 0.3) is 11.6 Å². The molecule has 0 atom stereocenters. The molecule has 2 heterocycles. The Morgan fingerprint density at radius 3 is 2.28 bits per heavy atom. The first-order chi connectivity index (χ1) is 8.65. The van der Waals surface area contributed by atoms with Crippen LogP contribution in [0.15, 0.2) is 12.4 Å². The molecule has 0 aliphatic rings. The van der Waals surface area contributed by atoms with E-state index < -0.39 is 0 Å². The van der Waals surface area contributed by atoms with Crippen LogP contribution in [0.4, 0.5) is 5.82 Å². The van der Waals surface area contributed by atoms with E-state index in [-0.39, 0.29) is 0 Å². The van der Waals surface area contributed by atoms with Gasteiger partial charge in [0.15, 0.2) is 11.6 Å². The van der Waals surface area contributed by atoms with E-state index in [0.717, 1.165) is 29.1 Å². The van der Waals surface area contributed by atoms with E-state index in [9.17, 15) is 0 Å². The maximum atomic E-state index is 4.48. The first-order valence-corrected chi connectivity index (χ1v) is 6.00. The third-order valence-electron chi connectivity index (χ3n) is 2.79. The zero-order chi connectivity index (χ0) is 13.1. The van der Waals surface area contributed by atoms with Crippen LogP contribution in [0.2, 0.25) is 0 Å². The molecular formula is C13H17N5. The van der Waals surface area contributed by atoms with Gasteiger partial charge in [0.05, 0.1) is 0 Å². The first-order valence-electron chi connectivity index (χ1n) is 6.00. The topological polar surface area (TPSA) is 63.6 Å². The molecule has 0 saturated carbocycles. The van der Waals surface area contributed by atoms with E-state index in [1.807, 2.05) is 20.9 Å². The normalized spacial score (nSPS) is 10.4. The Hall–Kier alpha value is -2.04. The van der Waals surface area contributed by atoms with Crippen molar-refractivity contribution in [1.29, 1.82) is 0 Å². The molecule has 0 saturated heterocycles. The molecule has 2 rings (SSSR count).